The maximum Gasteiger partial charge on any atom is 0.353 e. The molecule has 0 fully saturated rings. The Labute approximate surface area is 198 Å². The summed E-state index contributed by atoms with van der Waals surface area (Å²) in [7, 11) is -3.76. The number of ether oxygens (including phenoxy) is 1. The normalized spacial score (nSPS) is 17.3. The quantitative estimate of drug-likeness (QED) is 0.286. The third-order valence-corrected chi connectivity index (χ3v) is 8.05. The van der Waals surface area contributed by atoms with E-state index in [0.29, 0.717) is 16.2 Å². The molecule has 170 valence electrons. The van der Waals surface area contributed by atoms with Crippen LogP contribution in [0.15, 0.2) is 56.7 Å². The average Bonchev–Trinajstić information content (AvgIpc) is 3.42. The summed E-state index contributed by atoms with van der Waals surface area (Å²) >= 11 is 2.03. The summed E-state index contributed by atoms with van der Waals surface area (Å²) in [6.45, 7) is 3.54. The largest absolute Gasteiger partial charge is 0.422 e. The van der Waals surface area contributed by atoms with Crippen LogP contribution in [0.5, 0.6) is 5.75 Å². The van der Waals surface area contributed by atoms with Crippen LogP contribution in [-0.4, -0.2) is 47.1 Å². The van der Waals surface area contributed by atoms with E-state index < -0.39 is 21.7 Å². The van der Waals surface area contributed by atoms with Crippen LogP contribution in [0.3, 0.4) is 0 Å². The van der Waals surface area contributed by atoms with Crippen molar-refractivity contribution in [2.45, 2.75) is 13.8 Å². The van der Waals surface area contributed by atoms with Crippen molar-refractivity contribution in [3.8, 4) is 5.75 Å². The Bertz CT molecular complexity index is 1320. The number of sulfone groups is 1. The Morgan fingerprint density at radius 3 is 2.61 bits per heavy atom. The van der Waals surface area contributed by atoms with E-state index in [9.17, 15) is 18.0 Å². The number of carbonyl (C=O) groups excluding carboxylic acids is 2. The number of rotatable bonds is 5. The van der Waals surface area contributed by atoms with Crippen molar-refractivity contribution in [1.29, 1.82) is 5.41 Å². The molecule has 0 bridgehead atoms. The standard InChI is InChI=1S/C21H18N4O5S3/c1-12(2)11-33(28,29)21-24-32-20-23-18(26)15(17(22)25(20)21)10-13-5-7-14(8-6-13)30-19(27)16-4-3-9-31-16/h3-10,12,22H,11H2,1-2H3/b15-10-,22-17?. The molecule has 0 aliphatic carbocycles. The van der Waals surface area contributed by atoms with E-state index in [4.69, 9.17) is 10.1 Å². The molecule has 33 heavy (non-hydrogen) atoms. The second-order valence-electron chi connectivity index (χ2n) is 7.52. The Kier molecular flexibility index (Phi) is 6.32. The predicted octanol–water partition coefficient (Wildman–Crippen LogP) is 3.61. The van der Waals surface area contributed by atoms with Crippen molar-refractivity contribution in [3.05, 3.63) is 57.8 Å². The monoisotopic (exact) mass is 502 g/mol. The van der Waals surface area contributed by atoms with Gasteiger partial charge in [-0.3, -0.25) is 10.2 Å². The lowest BCUT2D eigenvalue weighted by Gasteiger charge is -2.24. The molecule has 1 aromatic heterocycles. The number of nitrogens with zero attached hydrogens (tertiary/aromatic N) is 3. The van der Waals surface area contributed by atoms with Crippen LogP contribution in [0, 0.1) is 11.3 Å². The first-order valence-corrected chi connectivity index (χ1v) is 13.0. The molecule has 0 saturated heterocycles. The fourth-order valence-corrected chi connectivity index (χ4v) is 6.39. The van der Waals surface area contributed by atoms with Gasteiger partial charge in [-0.2, -0.15) is 9.39 Å². The average molecular weight is 503 g/mol. The minimum absolute atomic E-state index is 0.0420. The zero-order valence-electron chi connectivity index (χ0n) is 17.5. The van der Waals surface area contributed by atoms with Crippen LogP contribution in [0.1, 0.15) is 29.1 Å². The van der Waals surface area contributed by atoms with Crippen molar-refractivity contribution in [1.82, 2.24) is 4.90 Å². The Morgan fingerprint density at radius 1 is 1.24 bits per heavy atom. The van der Waals surface area contributed by atoms with Gasteiger partial charge in [-0.15, -0.1) is 11.3 Å². The number of esters is 1. The molecule has 1 N–H and O–H groups in total. The Hall–Kier alpha value is -3.09. The van der Waals surface area contributed by atoms with Crippen molar-refractivity contribution >= 4 is 67.2 Å². The number of amidine groups is 3. The molecule has 1 aromatic carbocycles. The zero-order valence-corrected chi connectivity index (χ0v) is 20.0. The Morgan fingerprint density at radius 2 is 1.97 bits per heavy atom. The number of amides is 1. The molecule has 0 spiro atoms. The molecular weight excluding hydrogens is 484 g/mol. The van der Waals surface area contributed by atoms with E-state index in [0.717, 1.165) is 16.8 Å². The lowest BCUT2D eigenvalue weighted by atomic mass is 10.1. The van der Waals surface area contributed by atoms with E-state index in [-0.39, 0.29) is 33.4 Å². The summed E-state index contributed by atoms with van der Waals surface area (Å²) in [6, 6.07) is 9.78. The zero-order chi connectivity index (χ0) is 23.8. The van der Waals surface area contributed by atoms with Crippen molar-refractivity contribution in [2.24, 2.45) is 15.3 Å². The third-order valence-electron chi connectivity index (χ3n) is 4.45. The van der Waals surface area contributed by atoms with E-state index >= 15 is 0 Å². The van der Waals surface area contributed by atoms with Gasteiger partial charge in [-0.05, 0) is 41.1 Å². The number of fused-ring (bicyclic) bond motifs is 1. The molecule has 9 nitrogen and oxygen atoms in total. The molecule has 4 rings (SSSR count). The van der Waals surface area contributed by atoms with Gasteiger partial charge in [0.05, 0.1) is 23.3 Å². The van der Waals surface area contributed by atoms with Gasteiger partial charge in [-0.25, -0.2) is 18.1 Å². The number of nitrogens with one attached hydrogen (secondary N) is 1. The van der Waals surface area contributed by atoms with Crippen LogP contribution < -0.4 is 4.74 Å². The van der Waals surface area contributed by atoms with Crippen molar-refractivity contribution in [3.63, 3.8) is 0 Å². The number of thiophene rings is 1. The first-order valence-electron chi connectivity index (χ1n) is 9.73. The van der Waals surface area contributed by atoms with Crippen LogP contribution in [0.2, 0.25) is 0 Å². The summed E-state index contributed by atoms with van der Waals surface area (Å²) in [5.41, 5.74) is 0.477. The minimum atomic E-state index is -3.76. The van der Waals surface area contributed by atoms with Gasteiger partial charge in [-0.1, -0.05) is 32.0 Å². The summed E-state index contributed by atoms with van der Waals surface area (Å²) in [4.78, 5) is 30.1. The lowest BCUT2D eigenvalue weighted by Crippen LogP contribution is -2.46. The van der Waals surface area contributed by atoms with Gasteiger partial charge in [0.1, 0.15) is 16.5 Å². The van der Waals surface area contributed by atoms with Crippen LogP contribution in [0.4, 0.5) is 0 Å². The second-order valence-corrected chi connectivity index (χ2v) is 11.1. The third kappa shape index (κ3) is 4.82. The smallest absolute Gasteiger partial charge is 0.353 e. The minimum Gasteiger partial charge on any atom is -0.422 e. The summed E-state index contributed by atoms with van der Waals surface area (Å²) in [5, 5.41) is 10.0. The van der Waals surface area contributed by atoms with Gasteiger partial charge in [0.2, 0.25) is 20.2 Å². The molecule has 1 amide bonds. The van der Waals surface area contributed by atoms with Gasteiger partial charge in [0.25, 0.3) is 5.91 Å². The summed E-state index contributed by atoms with van der Waals surface area (Å²) in [5.74, 6) is -1.39. The maximum atomic E-state index is 12.7. The molecular formula is C21H18N4O5S3. The van der Waals surface area contributed by atoms with Gasteiger partial charge < -0.3 is 4.74 Å². The summed E-state index contributed by atoms with van der Waals surface area (Å²) in [6.07, 6.45) is 1.44. The topological polar surface area (TPSA) is 129 Å². The van der Waals surface area contributed by atoms with E-state index in [2.05, 4.69) is 9.39 Å². The first-order chi connectivity index (χ1) is 15.7. The van der Waals surface area contributed by atoms with E-state index in [1.54, 1.807) is 55.6 Å². The highest BCUT2D eigenvalue weighted by Gasteiger charge is 2.42. The molecule has 0 unspecified atom stereocenters. The number of hydrogen-bond acceptors (Lipinski definition) is 9. The molecule has 0 atom stereocenters. The van der Waals surface area contributed by atoms with Gasteiger partial charge in [0.15, 0.2) is 0 Å². The highest BCUT2D eigenvalue weighted by atomic mass is 32.2. The second kappa shape index (κ2) is 9.04. The number of aliphatic imine (C=N–C) groups is 1. The van der Waals surface area contributed by atoms with E-state index in [1.807, 2.05) is 0 Å². The Balaban J connectivity index is 1.56. The van der Waals surface area contributed by atoms with Crippen LogP contribution in [-0.2, 0) is 14.6 Å². The lowest BCUT2D eigenvalue weighted by molar-refractivity contribution is -0.114. The first kappa shape index (κ1) is 23.1. The number of benzene rings is 1. The van der Waals surface area contributed by atoms with Crippen LogP contribution in [0.25, 0.3) is 6.08 Å². The molecule has 2 aliphatic rings. The predicted molar refractivity (Wildman–Crippen MR) is 129 cm³/mol. The molecule has 12 heteroatoms. The fraction of sp³-hybridized carbons (Fsp3) is 0.190. The number of hydrogen-bond donors (Lipinski definition) is 1. The van der Waals surface area contributed by atoms with Crippen LogP contribution >= 0.6 is 23.3 Å². The van der Waals surface area contributed by atoms with Crippen molar-refractivity contribution < 1.29 is 22.7 Å². The van der Waals surface area contributed by atoms with Gasteiger partial charge >= 0.3 is 5.97 Å². The molecule has 0 radical (unpaired) electrons. The highest BCUT2D eigenvalue weighted by Crippen LogP contribution is 2.30. The molecule has 3 heterocycles. The molecule has 2 aliphatic heterocycles. The van der Waals surface area contributed by atoms with Gasteiger partial charge in [0, 0.05) is 0 Å². The SMILES string of the molecule is CC(C)CS(=O)(=O)C1=NSC2=NC(=O)/C(=C\c3ccc(OC(=O)c4cccs4)cc3)C(=N)N21. The maximum absolute atomic E-state index is 12.7. The molecule has 2 aromatic rings. The van der Waals surface area contributed by atoms with E-state index in [1.165, 1.54) is 17.4 Å². The highest BCUT2D eigenvalue weighted by molar-refractivity contribution is 8.16. The number of carbonyl (C=O) groups is 2. The fourth-order valence-electron chi connectivity index (χ4n) is 3.06. The molecule has 0 saturated carbocycles. The summed E-state index contributed by atoms with van der Waals surface area (Å²) < 4.78 is 34.7. The van der Waals surface area contributed by atoms with Crippen molar-refractivity contribution in [2.75, 3.05) is 5.75 Å².